The smallest absolute Gasteiger partial charge is 0.265 e. The van der Waals surface area contributed by atoms with Gasteiger partial charge in [-0.2, -0.15) is 0 Å². The third kappa shape index (κ3) is 1.56. The molecule has 2 heterocycles. The zero-order valence-electron chi connectivity index (χ0n) is 5.60. The maximum absolute atomic E-state index is 10.8. The van der Waals surface area contributed by atoms with Crippen LogP contribution in [-0.4, -0.2) is 0 Å². The van der Waals surface area contributed by atoms with Gasteiger partial charge in [0.1, 0.15) is 0 Å². The van der Waals surface area contributed by atoms with Gasteiger partial charge in [-0.3, -0.25) is 9.59 Å². The quantitative estimate of drug-likeness (QED) is 0.759. The van der Waals surface area contributed by atoms with E-state index in [-0.39, 0.29) is 8.11 Å². The van der Waals surface area contributed by atoms with Gasteiger partial charge in [0.05, 0.1) is 9.75 Å². The Balaban J connectivity index is 2.57. The minimum Gasteiger partial charge on any atom is -0.265 e. The second kappa shape index (κ2) is 3.21. The van der Waals surface area contributed by atoms with E-state index < -0.39 is 0 Å². The molecule has 0 aliphatic rings. The lowest BCUT2D eigenvalue weighted by molar-refractivity contribution is 2.13. The van der Waals surface area contributed by atoms with E-state index in [1.165, 1.54) is 45.3 Å². The van der Waals surface area contributed by atoms with E-state index in [2.05, 4.69) is 0 Å². The lowest BCUT2D eigenvalue weighted by Crippen LogP contribution is -1.75. The van der Waals surface area contributed by atoms with Crippen LogP contribution in [0.15, 0.2) is 20.3 Å². The van der Waals surface area contributed by atoms with E-state index in [4.69, 9.17) is 0 Å². The zero-order valence-corrected chi connectivity index (χ0v) is 8.87. The van der Waals surface area contributed by atoms with Crippen LogP contribution in [0.25, 0.3) is 9.75 Å². The van der Waals surface area contributed by atoms with E-state index >= 15 is 0 Å². The molecule has 0 atom stereocenters. The van der Waals surface area contributed by atoms with E-state index in [9.17, 15) is 9.59 Å². The minimum atomic E-state index is 0.0795. The molecule has 0 aliphatic carbocycles. The molecule has 0 spiro atoms. The lowest BCUT2D eigenvalue weighted by atomic mass is 10.5. The summed E-state index contributed by atoms with van der Waals surface area (Å²) < 4.78 is 0.159. The molecule has 0 aromatic carbocycles. The number of hydrogen-bond acceptors (Lipinski definition) is 6. The average molecular weight is 234 g/mol. The molecule has 0 amide bonds. The molecule has 2 aromatic rings. The highest BCUT2D eigenvalue weighted by Crippen LogP contribution is 2.27. The fourth-order valence-electron chi connectivity index (χ4n) is 0.696. The highest BCUT2D eigenvalue weighted by Gasteiger charge is 2.04. The van der Waals surface area contributed by atoms with Gasteiger partial charge in [-0.25, -0.2) is 0 Å². The summed E-state index contributed by atoms with van der Waals surface area (Å²) >= 11 is 4.75. The number of rotatable bonds is 1. The first-order valence-corrected chi connectivity index (χ1v) is 6.32. The van der Waals surface area contributed by atoms with Crippen LogP contribution < -0.4 is 8.11 Å². The van der Waals surface area contributed by atoms with Gasteiger partial charge in [-0.15, -0.1) is 0 Å². The summed E-state index contributed by atoms with van der Waals surface area (Å²) in [7, 11) is 0. The van der Waals surface area contributed by atoms with E-state index in [0.29, 0.717) is 0 Å². The number of hydrogen-bond donors (Lipinski definition) is 0. The van der Waals surface area contributed by atoms with Crippen LogP contribution >= 0.6 is 45.3 Å². The largest absolute Gasteiger partial charge is 0.288 e. The van der Waals surface area contributed by atoms with Gasteiger partial charge in [-0.1, -0.05) is 45.3 Å². The molecule has 0 saturated carbocycles. The standard InChI is InChI=1S/C6H2O2S4/c7-5-9-1-3(11-5)4-2-10-6(8)12-4/h1-2H. The second-order valence-corrected chi connectivity index (χ2v) is 6.13. The summed E-state index contributed by atoms with van der Waals surface area (Å²) in [5, 5.41) is 3.59. The molecule has 0 unspecified atom stereocenters. The van der Waals surface area contributed by atoms with Crippen LogP contribution in [-0.2, 0) is 0 Å². The van der Waals surface area contributed by atoms with Gasteiger partial charge >= 0.3 is 0 Å². The van der Waals surface area contributed by atoms with Gasteiger partial charge < -0.3 is 0 Å². The van der Waals surface area contributed by atoms with Gasteiger partial charge in [0, 0.05) is 10.8 Å². The van der Waals surface area contributed by atoms with Crippen molar-refractivity contribution in [3.05, 3.63) is 28.5 Å². The van der Waals surface area contributed by atoms with Crippen molar-refractivity contribution < 1.29 is 0 Å². The Kier molecular flexibility index (Phi) is 2.22. The molecule has 12 heavy (non-hydrogen) atoms. The predicted molar refractivity (Wildman–Crippen MR) is 55.9 cm³/mol. The third-order valence-corrected chi connectivity index (χ3v) is 5.20. The van der Waals surface area contributed by atoms with Crippen molar-refractivity contribution in [1.29, 1.82) is 0 Å². The topological polar surface area (TPSA) is 34.1 Å². The molecule has 0 bridgehead atoms. The molecule has 0 aliphatic heterocycles. The molecule has 0 saturated heterocycles. The van der Waals surface area contributed by atoms with Crippen LogP contribution in [0, 0.1) is 0 Å². The van der Waals surface area contributed by atoms with Crippen molar-refractivity contribution in [2.75, 3.05) is 0 Å². The predicted octanol–water partition coefficient (Wildman–Crippen LogP) is 2.32. The minimum absolute atomic E-state index is 0.0795. The Labute approximate surface area is 83.4 Å². The highest BCUT2D eigenvalue weighted by atomic mass is 32.2. The lowest BCUT2D eigenvalue weighted by Gasteiger charge is -1.82. The van der Waals surface area contributed by atoms with Crippen molar-refractivity contribution in [2.45, 2.75) is 0 Å². The van der Waals surface area contributed by atoms with Crippen molar-refractivity contribution in [2.24, 2.45) is 0 Å². The SMILES string of the molecule is O=c1scc(-c2csc(=O)s2)s1. The first-order chi connectivity index (χ1) is 5.75. The summed E-state index contributed by atoms with van der Waals surface area (Å²) in [6.45, 7) is 0. The van der Waals surface area contributed by atoms with Crippen LogP contribution in [0.5, 0.6) is 0 Å². The molecule has 2 nitrogen and oxygen atoms in total. The van der Waals surface area contributed by atoms with Crippen LogP contribution in [0.3, 0.4) is 0 Å². The Morgan fingerprint density at radius 3 is 1.50 bits per heavy atom. The van der Waals surface area contributed by atoms with Gasteiger partial charge in [-0.05, 0) is 0 Å². The van der Waals surface area contributed by atoms with Gasteiger partial charge in [0.15, 0.2) is 0 Å². The summed E-state index contributed by atoms with van der Waals surface area (Å²) in [4.78, 5) is 23.5. The van der Waals surface area contributed by atoms with Crippen molar-refractivity contribution in [3.63, 3.8) is 0 Å². The normalized spacial score (nSPS) is 10.3. The van der Waals surface area contributed by atoms with Crippen molar-refractivity contribution in [1.82, 2.24) is 0 Å². The summed E-state index contributed by atoms with van der Waals surface area (Å²) in [5.74, 6) is 0. The van der Waals surface area contributed by atoms with Crippen LogP contribution in [0.2, 0.25) is 0 Å². The first-order valence-electron chi connectivity index (χ1n) is 2.93. The molecule has 0 N–H and O–H groups in total. The summed E-state index contributed by atoms with van der Waals surface area (Å²) in [6, 6.07) is 0. The molecule has 2 rings (SSSR count). The Morgan fingerprint density at radius 2 is 1.25 bits per heavy atom. The first kappa shape index (κ1) is 8.31. The fraction of sp³-hybridized carbons (Fsp3) is 0. The molecule has 6 heteroatoms. The molecular formula is C6H2O2S4. The monoisotopic (exact) mass is 234 g/mol. The maximum Gasteiger partial charge on any atom is 0.288 e. The Hall–Kier alpha value is -0.300. The summed E-state index contributed by atoms with van der Waals surface area (Å²) in [6.07, 6.45) is 0. The van der Waals surface area contributed by atoms with Crippen LogP contribution in [0.1, 0.15) is 0 Å². The molecule has 0 fully saturated rings. The van der Waals surface area contributed by atoms with Gasteiger partial charge in [0.25, 0.3) is 8.11 Å². The Bertz CT molecular complexity index is 439. The fourth-order valence-corrected chi connectivity index (χ4v) is 4.32. The van der Waals surface area contributed by atoms with Crippen molar-refractivity contribution >= 4 is 45.3 Å². The average Bonchev–Trinajstić information content (AvgIpc) is 2.58. The highest BCUT2D eigenvalue weighted by molar-refractivity contribution is 7.33. The molecule has 62 valence electrons. The second-order valence-electron chi connectivity index (χ2n) is 1.90. The third-order valence-electron chi connectivity index (χ3n) is 1.15. The van der Waals surface area contributed by atoms with Gasteiger partial charge in [0.2, 0.25) is 0 Å². The zero-order chi connectivity index (χ0) is 8.55. The van der Waals surface area contributed by atoms with E-state index in [0.717, 1.165) is 9.75 Å². The summed E-state index contributed by atoms with van der Waals surface area (Å²) in [5.41, 5.74) is 0. The maximum atomic E-state index is 10.8. The molecule has 2 aromatic heterocycles. The van der Waals surface area contributed by atoms with Crippen LogP contribution in [0.4, 0.5) is 0 Å². The van der Waals surface area contributed by atoms with E-state index in [1.54, 1.807) is 10.8 Å². The Morgan fingerprint density at radius 1 is 0.833 bits per heavy atom. The van der Waals surface area contributed by atoms with Crippen molar-refractivity contribution in [3.8, 4) is 9.75 Å². The molecule has 0 radical (unpaired) electrons. The molecular weight excluding hydrogens is 232 g/mol. The van der Waals surface area contributed by atoms with E-state index in [1.807, 2.05) is 0 Å².